The van der Waals surface area contributed by atoms with Crippen LogP contribution in [0.3, 0.4) is 0 Å². The topological polar surface area (TPSA) is 63.6 Å². The van der Waals surface area contributed by atoms with Crippen LogP contribution in [0.4, 0.5) is 0 Å². The van der Waals surface area contributed by atoms with E-state index in [1.165, 1.54) is 128 Å². The summed E-state index contributed by atoms with van der Waals surface area (Å²) in [4.78, 5) is 23.1. The molecule has 0 radical (unpaired) electrons. The van der Waals surface area contributed by atoms with Crippen molar-refractivity contribution < 1.29 is 19.4 Å². The number of allylic oxidation sites excluding steroid dienone is 1. The molecule has 4 nitrogen and oxygen atoms in total. The van der Waals surface area contributed by atoms with E-state index in [2.05, 4.69) is 26.0 Å². The molecule has 0 amide bonds. The van der Waals surface area contributed by atoms with Gasteiger partial charge in [-0.15, -0.1) is 0 Å². The number of hydrogen-bond donors (Lipinski definition) is 1. The molecular weight excluding hydrogens is 532 g/mol. The molecule has 1 N–H and O–H groups in total. The molecule has 0 saturated carbocycles. The number of carboxylic acids is 1. The summed E-state index contributed by atoms with van der Waals surface area (Å²) in [6, 6.07) is 0. The SMILES string of the molecule is CCCC/C=C\C(CCCCCCC(=O)O)OC(=O)CCCCCCCCCCCCCCCCCCCCCCCC. The van der Waals surface area contributed by atoms with Crippen LogP contribution in [0.25, 0.3) is 0 Å². The molecule has 43 heavy (non-hydrogen) atoms. The van der Waals surface area contributed by atoms with Gasteiger partial charge in [0.05, 0.1) is 0 Å². The number of hydrogen-bond acceptors (Lipinski definition) is 3. The van der Waals surface area contributed by atoms with Crippen molar-refractivity contribution in [2.24, 2.45) is 0 Å². The second-order valence-electron chi connectivity index (χ2n) is 13.1. The van der Waals surface area contributed by atoms with Gasteiger partial charge < -0.3 is 9.84 Å². The minimum atomic E-state index is -0.721. The second kappa shape index (κ2) is 35.2. The van der Waals surface area contributed by atoms with Gasteiger partial charge in [-0.1, -0.05) is 180 Å². The molecule has 0 fully saturated rings. The van der Waals surface area contributed by atoms with Crippen molar-refractivity contribution in [2.45, 2.75) is 225 Å². The minimum Gasteiger partial charge on any atom is -0.481 e. The first kappa shape index (κ1) is 41.7. The molecule has 0 aromatic carbocycles. The first-order valence-corrected chi connectivity index (χ1v) is 19.2. The quantitative estimate of drug-likeness (QED) is 0.0443. The van der Waals surface area contributed by atoms with Crippen LogP contribution in [0.2, 0.25) is 0 Å². The van der Waals surface area contributed by atoms with Crippen molar-refractivity contribution in [1.29, 1.82) is 0 Å². The zero-order valence-corrected chi connectivity index (χ0v) is 29.0. The molecule has 0 aromatic heterocycles. The van der Waals surface area contributed by atoms with E-state index >= 15 is 0 Å². The van der Waals surface area contributed by atoms with Crippen LogP contribution in [0.1, 0.15) is 219 Å². The first-order valence-electron chi connectivity index (χ1n) is 19.2. The average Bonchev–Trinajstić information content (AvgIpc) is 2.99. The van der Waals surface area contributed by atoms with E-state index in [-0.39, 0.29) is 18.5 Å². The molecule has 0 aliphatic carbocycles. The van der Waals surface area contributed by atoms with Gasteiger partial charge >= 0.3 is 11.9 Å². The molecule has 0 spiro atoms. The first-order chi connectivity index (χ1) is 21.1. The highest BCUT2D eigenvalue weighted by atomic mass is 16.5. The van der Waals surface area contributed by atoms with E-state index in [4.69, 9.17) is 9.84 Å². The van der Waals surface area contributed by atoms with Gasteiger partial charge in [-0.3, -0.25) is 9.59 Å². The fourth-order valence-corrected chi connectivity index (χ4v) is 5.85. The van der Waals surface area contributed by atoms with E-state index in [0.717, 1.165) is 64.2 Å². The number of esters is 1. The summed E-state index contributed by atoms with van der Waals surface area (Å²) >= 11 is 0. The number of carbonyl (C=O) groups excluding carboxylic acids is 1. The monoisotopic (exact) mass is 607 g/mol. The summed E-state index contributed by atoms with van der Waals surface area (Å²) in [5.41, 5.74) is 0. The summed E-state index contributed by atoms with van der Waals surface area (Å²) in [7, 11) is 0. The maximum atomic E-state index is 12.4. The standard InChI is InChI=1S/C39H74O4/c1-3-5-7-9-10-11-12-13-14-15-16-17-18-19-20-21-22-23-24-25-26-32-36-39(42)43-37(33-29-8-6-4-2)34-30-27-28-31-35-38(40)41/h29,33,37H,3-28,30-32,34-36H2,1-2H3,(H,40,41)/b33-29-. The maximum Gasteiger partial charge on any atom is 0.306 e. The van der Waals surface area contributed by atoms with E-state index in [1.807, 2.05) is 0 Å². The number of ether oxygens (including phenoxy) is 1. The molecule has 1 atom stereocenters. The third-order valence-electron chi connectivity index (χ3n) is 8.72. The molecule has 1 unspecified atom stereocenters. The number of carboxylic acid groups (broad SMARTS) is 1. The van der Waals surface area contributed by atoms with Crippen LogP contribution >= 0.6 is 0 Å². The minimum absolute atomic E-state index is 0.0656. The normalized spacial score (nSPS) is 12.2. The molecule has 0 rings (SSSR count). The zero-order valence-electron chi connectivity index (χ0n) is 29.0. The van der Waals surface area contributed by atoms with E-state index < -0.39 is 5.97 Å². The Kier molecular flexibility index (Phi) is 34.1. The summed E-state index contributed by atoms with van der Waals surface area (Å²) in [5.74, 6) is -0.787. The van der Waals surface area contributed by atoms with E-state index in [9.17, 15) is 9.59 Å². The van der Waals surface area contributed by atoms with E-state index in [0.29, 0.717) is 6.42 Å². The van der Waals surface area contributed by atoms with Gasteiger partial charge in [0.2, 0.25) is 0 Å². The van der Waals surface area contributed by atoms with Gasteiger partial charge in [-0.05, 0) is 38.2 Å². The summed E-state index contributed by atoms with van der Waals surface area (Å²) in [5, 5.41) is 8.77. The van der Waals surface area contributed by atoms with Gasteiger partial charge in [0.1, 0.15) is 6.10 Å². The van der Waals surface area contributed by atoms with Crippen LogP contribution in [-0.4, -0.2) is 23.1 Å². The Morgan fingerprint density at radius 3 is 1.30 bits per heavy atom. The fraction of sp³-hybridized carbons (Fsp3) is 0.897. The predicted molar refractivity (Wildman–Crippen MR) is 186 cm³/mol. The zero-order chi connectivity index (χ0) is 31.5. The molecule has 0 bridgehead atoms. The molecule has 0 aromatic rings. The van der Waals surface area contributed by atoms with Gasteiger partial charge in [-0.25, -0.2) is 0 Å². The number of unbranched alkanes of at least 4 members (excludes halogenated alkanes) is 26. The lowest BCUT2D eigenvalue weighted by Crippen LogP contribution is -2.16. The second-order valence-corrected chi connectivity index (χ2v) is 13.1. The van der Waals surface area contributed by atoms with Crippen LogP contribution in [-0.2, 0) is 14.3 Å². The van der Waals surface area contributed by atoms with Crippen molar-refractivity contribution in [3.05, 3.63) is 12.2 Å². The van der Waals surface area contributed by atoms with E-state index in [1.54, 1.807) is 0 Å². The molecule has 4 heteroatoms. The van der Waals surface area contributed by atoms with Crippen molar-refractivity contribution >= 4 is 11.9 Å². The Balaban J connectivity index is 3.60. The lowest BCUT2D eigenvalue weighted by Gasteiger charge is -2.15. The molecular formula is C39H74O4. The van der Waals surface area contributed by atoms with Gasteiger partial charge in [0, 0.05) is 12.8 Å². The number of rotatable bonds is 35. The summed E-state index contributed by atoms with van der Waals surface area (Å²) in [6.45, 7) is 4.48. The highest BCUT2D eigenvalue weighted by Crippen LogP contribution is 2.17. The van der Waals surface area contributed by atoms with Crippen molar-refractivity contribution in [3.63, 3.8) is 0 Å². The summed E-state index contributed by atoms with van der Waals surface area (Å²) < 4.78 is 5.80. The number of carbonyl (C=O) groups is 2. The third-order valence-corrected chi connectivity index (χ3v) is 8.72. The van der Waals surface area contributed by atoms with Crippen LogP contribution in [0, 0.1) is 0 Å². The molecule has 0 aliphatic heterocycles. The predicted octanol–water partition coefficient (Wildman–Crippen LogP) is 13.1. The Labute approximate surface area is 268 Å². The smallest absolute Gasteiger partial charge is 0.306 e. The largest absolute Gasteiger partial charge is 0.481 e. The van der Waals surface area contributed by atoms with Gasteiger partial charge in [0.15, 0.2) is 0 Å². The van der Waals surface area contributed by atoms with Gasteiger partial charge in [-0.2, -0.15) is 0 Å². The molecule has 254 valence electrons. The molecule has 0 heterocycles. The lowest BCUT2D eigenvalue weighted by molar-refractivity contribution is -0.147. The Morgan fingerprint density at radius 1 is 0.512 bits per heavy atom. The third kappa shape index (κ3) is 35.0. The lowest BCUT2D eigenvalue weighted by atomic mass is 10.0. The maximum absolute atomic E-state index is 12.4. The Morgan fingerprint density at radius 2 is 0.884 bits per heavy atom. The summed E-state index contributed by atoms with van der Waals surface area (Å²) in [6.07, 6.45) is 42.8. The Bertz CT molecular complexity index is 614. The Hall–Kier alpha value is -1.32. The number of aliphatic carboxylic acids is 1. The average molecular weight is 607 g/mol. The van der Waals surface area contributed by atoms with Gasteiger partial charge in [0.25, 0.3) is 0 Å². The highest BCUT2D eigenvalue weighted by molar-refractivity contribution is 5.69. The van der Waals surface area contributed by atoms with Crippen LogP contribution in [0.5, 0.6) is 0 Å². The molecule has 0 aliphatic rings. The van der Waals surface area contributed by atoms with Crippen molar-refractivity contribution in [1.82, 2.24) is 0 Å². The molecule has 0 saturated heterocycles. The van der Waals surface area contributed by atoms with Crippen LogP contribution < -0.4 is 0 Å². The van der Waals surface area contributed by atoms with Crippen molar-refractivity contribution in [3.8, 4) is 0 Å². The van der Waals surface area contributed by atoms with Crippen molar-refractivity contribution in [2.75, 3.05) is 0 Å². The highest BCUT2D eigenvalue weighted by Gasteiger charge is 2.11. The van der Waals surface area contributed by atoms with Crippen LogP contribution in [0.15, 0.2) is 12.2 Å². The fourth-order valence-electron chi connectivity index (χ4n) is 5.85.